The van der Waals surface area contributed by atoms with E-state index in [2.05, 4.69) is 4.98 Å². The topological polar surface area (TPSA) is 72.3 Å². The monoisotopic (exact) mass is 370 g/mol. The van der Waals surface area contributed by atoms with Crippen LogP contribution in [-0.4, -0.2) is 32.5 Å². The Balaban J connectivity index is 2.41. The van der Waals surface area contributed by atoms with Crippen LogP contribution in [0, 0.1) is 0 Å². The summed E-state index contributed by atoms with van der Waals surface area (Å²) in [4.78, 5) is 15.4. The Bertz CT molecular complexity index is 539. The molecule has 1 aliphatic rings. The molecule has 0 N–H and O–H groups in total. The van der Waals surface area contributed by atoms with Gasteiger partial charge in [0.25, 0.3) is 0 Å². The summed E-state index contributed by atoms with van der Waals surface area (Å²) in [6.07, 6.45) is 4.88. The third-order valence-electron chi connectivity index (χ3n) is 2.39. The molecule has 0 radical (unpaired) electrons. The van der Waals surface area contributed by atoms with Crippen LogP contribution in [0.15, 0.2) is 12.4 Å². The van der Waals surface area contributed by atoms with Gasteiger partial charge in [-0.05, 0) is 0 Å². The summed E-state index contributed by atoms with van der Waals surface area (Å²) in [5, 5.41) is 0. The first-order valence-electron chi connectivity index (χ1n) is 4.99. The zero-order chi connectivity index (χ0) is 12.6. The molecule has 1 atom stereocenters. The third-order valence-corrected chi connectivity index (χ3v) is 8.46. The molecule has 1 aromatic rings. The molecular formula is C9H13IN3O3S-. The molecule has 0 aliphatic carbocycles. The average molecular weight is 370 g/mol. The van der Waals surface area contributed by atoms with Gasteiger partial charge >= 0.3 is 111 Å². The van der Waals surface area contributed by atoms with E-state index < -0.39 is 37.5 Å². The minimum atomic E-state index is -3.26. The van der Waals surface area contributed by atoms with E-state index in [-0.39, 0.29) is 12.2 Å². The molecule has 0 saturated heterocycles. The van der Waals surface area contributed by atoms with Crippen LogP contribution in [0.2, 0.25) is 0 Å². The Morgan fingerprint density at radius 1 is 1.65 bits per heavy atom. The Morgan fingerprint density at radius 2 is 2.35 bits per heavy atom. The van der Waals surface area contributed by atoms with E-state index in [1.54, 1.807) is 6.20 Å². The molecule has 0 aromatic carbocycles. The van der Waals surface area contributed by atoms with Gasteiger partial charge in [0, 0.05) is 0 Å². The Labute approximate surface area is 111 Å². The van der Waals surface area contributed by atoms with Crippen molar-refractivity contribution in [1.29, 1.82) is 0 Å². The number of imidazole rings is 1. The first-order valence-corrected chi connectivity index (χ1v) is 9.33. The van der Waals surface area contributed by atoms with Crippen molar-refractivity contribution in [3.63, 3.8) is 0 Å². The first-order chi connectivity index (χ1) is 7.89. The number of carbonyl (C=O) groups excluding carboxylic acids is 1. The molecule has 2 rings (SSSR count). The molecule has 2 heterocycles. The summed E-state index contributed by atoms with van der Waals surface area (Å²) in [5.74, 6) is 0.653. The number of carbonyl (C=O) groups is 1. The van der Waals surface area contributed by atoms with Crippen LogP contribution in [0.3, 0.4) is 0 Å². The molecule has 6 nitrogen and oxygen atoms in total. The van der Waals surface area contributed by atoms with Crippen LogP contribution >= 0.6 is 0 Å². The maximum atomic E-state index is 11.7. The fourth-order valence-corrected chi connectivity index (χ4v) is 6.51. The van der Waals surface area contributed by atoms with E-state index in [0.29, 0.717) is 10.4 Å². The number of halogens is 1. The van der Waals surface area contributed by atoms with Gasteiger partial charge < -0.3 is 0 Å². The van der Waals surface area contributed by atoms with Crippen LogP contribution in [0.25, 0.3) is 0 Å². The number of nitrogens with zero attached hydrogens (tertiary/aromatic N) is 3. The van der Waals surface area contributed by atoms with E-state index >= 15 is 0 Å². The Kier molecular flexibility index (Phi) is 3.55. The van der Waals surface area contributed by atoms with Gasteiger partial charge in [-0.15, -0.1) is 0 Å². The Morgan fingerprint density at radius 3 is 2.94 bits per heavy atom. The summed E-state index contributed by atoms with van der Waals surface area (Å²) in [6.45, 7) is 1.47. The van der Waals surface area contributed by atoms with Gasteiger partial charge in [-0.1, -0.05) is 0 Å². The fourth-order valence-electron chi connectivity index (χ4n) is 1.76. The van der Waals surface area contributed by atoms with Crippen molar-refractivity contribution in [2.75, 3.05) is 6.26 Å². The van der Waals surface area contributed by atoms with Gasteiger partial charge in [0.1, 0.15) is 0 Å². The van der Waals surface area contributed by atoms with Gasteiger partial charge in [-0.3, -0.25) is 0 Å². The van der Waals surface area contributed by atoms with Crippen LogP contribution in [0.5, 0.6) is 0 Å². The van der Waals surface area contributed by atoms with Gasteiger partial charge in [0.15, 0.2) is 0 Å². The van der Waals surface area contributed by atoms with Crippen LogP contribution in [0.4, 0.5) is 0 Å². The number of aromatic nitrogens is 2. The molecule has 0 amide bonds. The summed E-state index contributed by atoms with van der Waals surface area (Å²) in [7, 11) is -3.26. The van der Waals surface area contributed by atoms with E-state index in [1.165, 1.54) is 15.7 Å². The molecule has 17 heavy (non-hydrogen) atoms. The number of ketones is 1. The van der Waals surface area contributed by atoms with Crippen LogP contribution in [-0.2, 0) is 19.4 Å². The second-order valence-corrected chi connectivity index (χ2v) is 8.84. The number of fused-ring (bicyclic) bond motifs is 1. The minimum absolute atomic E-state index is 0.0240. The van der Waals surface area contributed by atoms with Crippen LogP contribution in [0.1, 0.15) is 25.2 Å². The fraction of sp³-hybridized carbons (Fsp3) is 0.556. The zero-order valence-electron chi connectivity index (χ0n) is 9.50. The summed E-state index contributed by atoms with van der Waals surface area (Å²) in [5.41, 5.74) is 0. The predicted molar refractivity (Wildman–Crippen MR) is 56.9 cm³/mol. The van der Waals surface area contributed by atoms with Crippen molar-refractivity contribution in [1.82, 2.24) is 12.1 Å². The van der Waals surface area contributed by atoms with E-state index in [4.69, 9.17) is 0 Å². The normalized spacial score (nSPS) is 21.6. The number of hydrogen-bond donors (Lipinski definition) is 0. The van der Waals surface area contributed by atoms with Gasteiger partial charge in [-0.2, -0.15) is 0 Å². The Hall–Kier alpha value is -0.480. The van der Waals surface area contributed by atoms with Crippen molar-refractivity contribution >= 4 is 15.8 Å². The maximum absolute atomic E-state index is 11.7. The van der Waals surface area contributed by atoms with Crippen molar-refractivity contribution in [3.05, 3.63) is 18.2 Å². The average Bonchev–Trinajstić information content (AvgIpc) is 2.63. The summed E-state index contributed by atoms with van der Waals surface area (Å²) in [6, 6.07) is -0.418. The molecule has 8 heteroatoms. The second kappa shape index (κ2) is 4.65. The molecule has 1 aliphatic heterocycles. The number of sulfonamides is 1. The van der Waals surface area contributed by atoms with Crippen molar-refractivity contribution in [2.24, 2.45) is 0 Å². The van der Waals surface area contributed by atoms with Crippen molar-refractivity contribution < 1.29 is 34.7 Å². The number of alkyl halides is 1. The number of Topliss-reactive ketones (excluding diaryl/α,β-unsaturated/α-hetero) is 1. The first kappa shape index (κ1) is 13.0. The molecule has 96 valence electrons. The van der Waals surface area contributed by atoms with Crippen LogP contribution < -0.4 is 21.5 Å². The van der Waals surface area contributed by atoms with E-state index in [0.717, 1.165) is 0 Å². The molecule has 1 unspecified atom stereocenters. The van der Waals surface area contributed by atoms with Crippen molar-refractivity contribution in [2.45, 2.75) is 23.9 Å². The SMILES string of the molecule is CC(=O)CC1c2nccn2C[I-]N1S(C)(=O)=O. The molecule has 0 bridgehead atoms. The number of hydrogen-bond acceptors (Lipinski definition) is 4. The van der Waals surface area contributed by atoms with Gasteiger partial charge in [0.05, 0.1) is 0 Å². The molecular weight excluding hydrogens is 357 g/mol. The predicted octanol–water partition coefficient (Wildman–Crippen LogP) is -2.86. The quantitative estimate of drug-likeness (QED) is 0.326. The molecule has 0 fully saturated rings. The standard InChI is InChI=1S/C9H13IN3O3S/c1-7(14)5-8-9-11-3-4-12(9)6-10-13(8)17(2,15)16/h3-4,8H,5-6H2,1-2H3/q-1. The summed E-state index contributed by atoms with van der Waals surface area (Å²) >= 11 is -0.660. The number of rotatable bonds is 3. The summed E-state index contributed by atoms with van der Waals surface area (Å²) < 4.78 is 27.5. The molecule has 0 spiro atoms. The molecule has 0 saturated carbocycles. The van der Waals surface area contributed by atoms with Gasteiger partial charge in [0.2, 0.25) is 0 Å². The van der Waals surface area contributed by atoms with E-state index in [9.17, 15) is 13.2 Å². The van der Waals surface area contributed by atoms with Crippen molar-refractivity contribution in [3.8, 4) is 0 Å². The van der Waals surface area contributed by atoms with Gasteiger partial charge in [-0.25, -0.2) is 0 Å². The third kappa shape index (κ3) is 2.68. The molecule has 1 aromatic heterocycles. The zero-order valence-corrected chi connectivity index (χ0v) is 12.5. The second-order valence-electron chi connectivity index (χ2n) is 3.92. The van der Waals surface area contributed by atoms with E-state index in [1.807, 2.05) is 10.8 Å².